The highest BCUT2D eigenvalue weighted by molar-refractivity contribution is 5.07. The zero-order valence-corrected chi connectivity index (χ0v) is 9.63. The number of nitrogens with one attached hydrogen (secondary N) is 1. The van der Waals surface area contributed by atoms with E-state index in [0.29, 0.717) is 10.8 Å². The fourth-order valence-electron chi connectivity index (χ4n) is 3.37. The van der Waals surface area contributed by atoms with Gasteiger partial charge in [0, 0.05) is 31.6 Å². The van der Waals surface area contributed by atoms with Gasteiger partial charge in [-0.05, 0) is 31.2 Å². The van der Waals surface area contributed by atoms with Gasteiger partial charge < -0.3 is 10.4 Å². The maximum Gasteiger partial charge on any atom is 0.0735 e. The van der Waals surface area contributed by atoms with Crippen LogP contribution in [0.1, 0.15) is 26.2 Å². The topological polar surface area (TPSA) is 35.5 Å². The number of hydrogen-bond donors (Lipinski definition) is 2. The van der Waals surface area contributed by atoms with Gasteiger partial charge in [0.1, 0.15) is 0 Å². The van der Waals surface area contributed by atoms with Crippen LogP contribution in [0.5, 0.6) is 0 Å². The molecule has 2 saturated heterocycles. The van der Waals surface area contributed by atoms with E-state index in [0.717, 1.165) is 26.2 Å². The zero-order chi connectivity index (χ0) is 10.5. The summed E-state index contributed by atoms with van der Waals surface area (Å²) in [5.41, 5.74) is 0.766. The first-order chi connectivity index (χ1) is 7.12. The molecule has 2 N–H and O–H groups in total. The molecule has 2 heterocycles. The second-order valence-corrected chi connectivity index (χ2v) is 6.29. The highest BCUT2D eigenvalue weighted by atomic mass is 16.3. The van der Waals surface area contributed by atoms with Gasteiger partial charge in [-0.25, -0.2) is 0 Å². The molecular weight excluding hydrogens is 188 g/mol. The van der Waals surface area contributed by atoms with Gasteiger partial charge in [-0.15, -0.1) is 0 Å². The molecule has 0 bridgehead atoms. The molecule has 2 atom stereocenters. The van der Waals surface area contributed by atoms with Crippen LogP contribution in [0.4, 0.5) is 0 Å². The summed E-state index contributed by atoms with van der Waals surface area (Å²) in [6, 6.07) is 0. The SMILES string of the molecule is CC1(CN2CC(O)C3(CC3)C2)CCNC1. The summed E-state index contributed by atoms with van der Waals surface area (Å²) in [5, 5.41) is 13.4. The fourth-order valence-corrected chi connectivity index (χ4v) is 3.37. The lowest BCUT2D eigenvalue weighted by molar-refractivity contribution is 0.127. The smallest absolute Gasteiger partial charge is 0.0735 e. The van der Waals surface area contributed by atoms with Crippen LogP contribution in [0.25, 0.3) is 0 Å². The molecule has 0 aromatic heterocycles. The quantitative estimate of drug-likeness (QED) is 0.694. The van der Waals surface area contributed by atoms with E-state index in [1.54, 1.807) is 0 Å². The summed E-state index contributed by atoms with van der Waals surface area (Å²) in [4.78, 5) is 2.49. The second-order valence-electron chi connectivity index (χ2n) is 6.29. The third-order valence-corrected chi connectivity index (χ3v) is 4.63. The Labute approximate surface area is 91.8 Å². The van der Waals surface area contributed by atoms with E-state index in [2.05, 4.69) is 17.1 Å². The highest BCUT2D eigenvalue weighted by Crippen LogP contribution is 2.53. The fraction of sp³-hybridized carbons (Fsp3) is 1.00. The highest BCUT2D eigenvalue weighted by Gasteiger charge is 2.55. The lowest BCUT2D eigenvalue weighted by atomic mass is 9.89. The Balaban J connectivity index is 1.60. The molecule has 3 heteroatoms. The summed E-state index contributed by atoms with van der Waals surface area (Å²) in [6.45, 7) is 7.90. The number of likely N-dealkylation sites (tertiary alicyclic amines) is 1. The van der Waals surface area contributed by atoms with E-state index in [-0.39, 0.29) is 6.10 Å². The van der Waals surface area contributed by atoms with Crippen molar-refractivity contribution in [3.05, 3.63) is 0 Å². The second kappa shape index (κ2) is 3.19. The Morgan fingerprint density at radius 1 is 1.40 bits per heavy atom. The van der Waals surface area contributed by atoms with Gasteiger partial charge in [0.25, 0.3) is 0 Å². The maximum atomic E-state index is 9.99. The normalized spacial score (nSPS) is 44.0. The lowest BCUT2D eigenvalue weighted by Gasteiger charge is -2.28. The Bertz CT molecular complexity index is 256. The number of aliphatic hydroxyl groups excluding tert-OH is 1. The Morgan fingerprint density at radius 3 is 2.73 bits per heavy atom. The molecular formula is C12H22N2O. The van der Waals surface area contributed by atoms with E-state index in [1.807, 2.05) is 0 Å². The van der Waals surface area contributed by atoms with E-state index < -0.39 is 0 Å². The van der Waals surface area contributed by atoms with Crippen molar-refractivity contribution in [2.45, 2.75) is 32.3 Å². The summed E-state index contributed by atoms with van der Waals surface area (Å²) in [7, 11) is 0. The van der Waals surface area contributed by atoms with Crippen LogP contribution in [0.2, 0.25) is 0 Å². The van der Waals surface area contributed by atoms with Crippen LogP contribution in [0, 0.1) is 10.8 Å². The average molecular weight is 210 g/mol. The minimum Gasteiger partial charge on any atom is -0.391 e. The molecule has 3 fully saturated rings. The first-order valence-electron chi connectivity index (χ1n) is 6.23. The molecule has 15 heavy (non-hydrogen) atoms. The molecule has 3 rings (SSSR count). The molecule has 2 aliphatic heterocycles. The van der Waals surface area contributed by atoms with Crippen LogP contribution in [-0.4, -0.2) is 48.8 Å². The van der Waals surface area contributed by atoms with Gasteiger partial charge in [0.15, 0.2) is 0 Å². The molecule has 0 aromatic rings. The van der Waals surface area contributed by atoms with Crippen molar-refractivity contribution < 1.29 is 5.11 Å². The first kappa shape index (κ1) is 10.1. The first-order valence-corrected chi connectivity index (χ1v) is 6.23. The van der Waals surface area contributed by atoms with Gasteiger partial charge in [-0.1, -0.05) is 6.92 Å². The van der Waals surface area contributed by atoms with E-state index >= 15 is 0 Å². The predicted octanol–water partition coefficient (Wildman–Crippen LogP) is 0.443. The van der Waals surface area contributed by atoms with Crippen molar-refractivity contribution in [3.63, 3.8) is 0 Å². The minimum absolute atomic E-state index is 0.0459. The molecule has 3 nitrogen and oxygen atoms in total. The number of nitrogens with zero attached hydrogens (tertiary/aromatic N) is 1. The van der Waals surface area contributed by atoms with Crippen molar-refractivity contribution in [1.82, 2.24) is 10.2 Å². The van der Waals surface area contributed by atoms with Crippen molar-refractivity contribution in [2.75, 3.05) is 32.7 Å². The van der Waals surface area contributed by atoms with Crippen LogP contribution in [-0.2, 0) is 0 Å². The largest absolute Gasteiger partial charge is 0.391 e. The number of rotatable bonds is 2. The van der Waals surface area contributed by atoms with Crippen LogP contribution < -0.4 is 5.32 Å². The van der Waals surface area contributed by atoms with Crippen LogP contribution in [0.15, 0.2) is 0 Å². The van der Waals surface area contributed by atoms with Crippen molar-refractivity contribution in [3.8, 4) is 0 Å². The Hall–Kier alpha value is -0.120. The van der Waals surface area contributed by atoms with Gasteiger partial charge in [0.05, 0.1) is 6.10 Å². The maximum absolute atomic E-state index is 9.99. The van der Waals surface area contributed by atoms with Crippen molar-refractivity contribution >= 4 is 0 Å². The van der Waals surface area contributed by atoms with E-state index in [1.165, 1.54) is 25.8 Å². The van der Waals surface area contributed by atoms with Gasteiger partial charge in [-0.3, -0.25) is 4.90 Å². The molecule has 2 unspecified atom stereocenters. The molecule has 86 valence electrons. The van der Waals surface area contributed by atoms with Gasteiger partial charge in [-0.2, -0.15) is 0 Å². The monoisotopic (exact) mass is 210 g/mol. The number of hydrogen-bond acceptors (Lipinski definition) is 3. The predicted molar refractivity (Wildman–Crippen MR) is 59.7 cm³/mol. The lowest BCUT2D eigenvalue weighted by Crippen LogP contribution is -2.36. The Kier molecular flexibility index (Phi) is 2.14. The molecule has 0 radical (unpaired) electrons. The molecule has 1 spiro atoms. The molecule has 0 aromatic carbocycles. The summed E-state index contributed by atoms with van der Waals surface area (Å²) in [6.07, 6.45) is 3.74. The van der Waals surface area contributed by atoms with Gasteiger partial charge >= 0.3 is 0 Å². The van der Waals surface area contributed by atoms with Crippen molar-refractivity contribution in [1.29, 1.82) is 0 Å². The van der Waals surface area contributed by atoms with Crippen molar-refractivity contribution in [2.24, 2.45) is 10.8 Å². The summed E-state index contributed by atoms with van der Waals surface area (Å²) in [5.74, 6) is 0. The third-order valence-electron chi connectivity index (χ3n) is 4.63. The van der Waals surface area contributed by atoms with Crippen LogP contribution in [0.3, 0.4) is 0 Å². The Morgan fingerprint density at radius 2 is 2.20 bits per heavy atom. The van der Waals surface area contributed by atoms with E-state index in [9.17, 15) is 5.11 Å². The third kappa shape index (κ3) is 1.71. The molecule has 1 aliphatic carbocycles. The van der Waals surface area contributed by atoms with Crippen LogP contribution >= 0.6 is 0 Å². The molecule has 3 aliphatic rings. The number of β-amino-alcohol motifs (C(OH)–C–C–N with tert-alkyl or cyclic N) is 1. The molecule has 1 saturated carbocycles. The standard InChI is InChI=1S/C12H22N2O/c1-11(4-5-13-7-11)8-14-6-10(15)12(9-14)2-3-12/h10,13,15H,2-9H2,1H3. The summed E-state index contributed by atoms with van der Waals surface area (Å²) < 4.78 is 0. The molecule has 0 amide bonds. The zero-order valence-electron chi connectivity index (χ0n) is 9.63. The summed E-state index contributed by atoms with van der Waals surface area (Å²) >= 11 is 0. The van der Waals surface area contributed by atoms with Gasteiger partial charge in [0.2, 0.25) is 0 Å². The number of aliphatic hydroxyl groups is 1. The van der Waals surface area contributed by atoms with E-state index in [4.69, 9.17) is 0 Å². The average Bonchev–Trinajstić information content (AvgIpc) is 2.72. The minimum atomic E-state index is -0.0459.